The molecule has 0 aromatic rings. The number of carbonyl (C=O) groups is 3. The zero-order chi connectivity index (χ0) is 29.9. The molecule has 0 aromatic carbocycles. The normalized spacial score (nSPS) is 24.2. The summed E-state index contributed by atoms with van der Waals surface area (Å²) in [6.07, 6.45) is -0.838. The SMILES string of the molecule is CCCCCCCC(=O)O[C@@H]1[C@H](OC[C@@H](O)[C@H](O)CO)O[C@H](COC(C)=O)[C@@H](O)[C@@H]1OC(=O)CCCCCCC. The van der Waals surface area contributed by atoms with Crippen LogP contribution in [0.3, 0.4) is 0 Å². The van der Waals surface area contributed by atoms with Gasteiger partial charge in [-0.25, -0.2) is 0 Å². The van der Waals surface area contributed by atoms with Crippen LogP contribution in [0, 0.1) is 0 Å². The standard InChI is InChI=1S/C28H50O12/c1-4-6-8-10-12-14-23(33)39-26-25(35)22(18-36-19(3)30)38-28(37-17-21(32)20(31)16-29)27(26)40-24(34)15-13-11-9-7-5-2/h20-22,25-29,31-32,35H,4-18H2,1-3H3/t20-,21-,22-,25-,26+,27+,28-/m1/s1. The van der Waals surface area contributed by atoms with Crippen molar-refractivity contribution in [2.75, 3.05) is 19.8 Å². The van der Waals surface area contributed by atoms with Crippen LogP contribution in [0.1, 0.15) is 97.8 Å². The minimum Gasteiger partial charge on any atom is -0.463 e. The smallest absolute Gasteiger partial charge is 0.306 e. The van der Waals surface area contributed by atoms with Crippen molar-refractivity contribution in [3.05, 3.63) is 0 Å². The van der Waals surface area contributed by atoms with E-state index in [2.05, 4.69) is 13.8 Å². The van der Waals surface area contributed by atoms with Crippen molar-refractivity contribution >= 4 is 17.9 Å². The Morgan fingerprint density at radius 2 is 1.32 bits per heavy atom. The van der Waals surface area contributed by atoms with E-state index in [9.17, 15) is 29.7 Å². The number of esters is 3. The van der Waals surface area contributed by atoms with Gasteiger partial charge in [-0.3, -0.25) is 14.4 Å². The summed E-state index contributed by atoms with van der Waals surface area (Å²) in [5.41, 5.74) is 0. The van der Waals surface area contributed by atoms with Gasteiger partial charge in [0.2, 0.25) is 0 Å². The topological polar surface area (TPSA) is 178 Å². The Kier molecular flexibility index (Phi) is 19.0. The van der Waals surface area contributed by atoms with Crippen LogP contribution >= 0.6 is 0 Å². The lowest BCUT2D eigenvalue weighted by Gasteiger charge is -2.43. The van der Waals surface area contributed by atoms with Crippen molar-refractivity contribution < 1.29 is 58.5 Å². The monoisotopic (exact) mass is 578 g/mol. The van der Waals surface area contributed by atoms with Gasteiger partial charge in [0.05, 0.1) is 13.2 Å². The molecular weight excluding hydrogens is 528 g/mol. The molecular formula is C28H50O12. The third-order valence-electron chi connectivity index (χ3n) is 6.64. The van der Waals surface area contributed by atoms with Crippen LogP contribution in [-0.2, 0) is 38.1 Å². The number of aliphatic hydroxyl groups excluding tert-OH is 4. The van der Waals surface area contributed by atoms with Crippen LogP contribution in [0.4, 0.5) is 0 Å². The average Bonchev–Trinajstić information content (AvgIpc) is 2.92. The first kappa shape index (κ1) is 36.2. The minimum absolute atomic E-state index is 0.0872. The molecule has 0 aliphatic carbocycles. The Morgan fingerprint density at radius 1 is 0.800 bits per heavy atom. The lowest BCUT2D eigenvalue weighted by atomic mass is 9.98. The highest BCUT2D eigenvalue weighted by molar-refractivity contribution is 5.71. The molecule has 0 saturated carbocycles. The number of hydrogen-bond donors (Lipinski definition) is 4. The molecule has 0 radical (unpaired) electrons. The Labute approximate surface area is 237 Å². The Bertz CT molecular complexity index is 717. The van der Waals surface area contributed by atoms with Gasteiger partial charge in [0, 0.05) is 19.8 Å². The van der Waals surface area contributed by atoms with Crippen molar-refractivity contribution in [3.8, 4) is 0 Å². The van der Waals surface area contributed by atoms with Gasteiger partial charge in [-0.15, -0.1) is 0 Å². The van der Waals surface area contributed by atoms with Crippen LogP contribution in [0.5, 0.6) is 0 Å². The van der Waals surface area contributed by atoms with Crippen molar-refractivity contribution in [2.45, 2.75) is 141 Å². The molecule has 1 fully saturated rings. The molecule has 1 aliphatic rings. The van der Waals surface area contributed by atoms with E-state index in [-0.39, 0.29) is 12.8 Å². The Morgan fingerprint density at radius 3 is 1.82 bits per heavy atom. The first-order valence-corrected chi connectivity index (χ1v) is 14.6. The summed E-state index contributed by atoms with van der Waals surface area (Å²) in [6, 6.07) is 0. The maximum atomic E-state index is 12.7. The van der Waals surface area contributed by atoms with Crippen LogP contribution in [0.2, 0.25) is 0 Å². The summed E-state index contributed by atoms with van der Waals surface area (Å²) in [5.74, 6) is -1.85. The van der Waals surface area contributed by atoms with Crippen LogP contribution in [0.15, 0.2) is 0 Å². The van der Waals surface area contributed by atoms with E-state index in [4.69, 9.17) is 28.8 Å². The summed E-state index contributed by atoms with van der Waals surface area (Å²) in [6.45, 7) is 3.69. The van der Waals surface area contributed by atoms with E-state index in [1.807, 2.05) is 0 Å². The minimum atomic E-state index is -1.53. The van der Waals surface area contributed by atoms with Crippen molar-refractivity contribution in [1.29, 1.82) is 0 Å². The first-order chi connectivity index (χ1) is 19.1. The van der Waals surface area contributed by atoms with Crippen molar-refractivity contribution in [3.63, 3.8) is 0 Å². The van der Waals surface area contributed by atoms with Gasteiger partial charge in [0.15, 0.2) is 18.5 Å². The molecule has 0 amide bonds. The van der Waals surface area contributed by atoms with Gasteiger partial charge in [-0.05, 0) is 12.8 Å². The summed E-state index contributed by atoms with van der Waals surface area (Å²) >= 11 is 0. The molecule has 0 spiro atoms. The van der Waals surface area contributed by atoms with Gasteiger partial charge in [-0.1, -0.05) is 65.2 Å². The fraction of sp³-hybridized carbons (Fsp3) is 0.893. The largest absolute Gasteiger partial charge is 0.463 e. The second kappa shape index (κ2) is 21.0. The molecule has 1 rings (SSSR count). The lowest BCUT2D eigenvalue weighted by Crippen LogP contribution is -2.62. The fourth-order valence-electron chi connectivity index (χ4n) is 4.22. The third-order valence-corrected chi connectivity index (χ3v) is 6.64. The summed E-state index contributed by atoms with van der Waals surface area (Å²) in [4.78, 5) is 36.9. The van der Waals surface area contributed by atoms with E-state index < -0.39 is 80.6 Å². The molecule has 0 unspecified atom stereocenters. The number of aliphatic hydroxyl groups is 4. The van der Waals surface area contributed by atoms with Crippen LogP contribution in [-0.4, -0.2) is 101 Å². The van der Waals surface area contributed by atoms with Crippen molar-refractivity contribution in [2.24, 2.45) is 0 Å². The molecule has 40 heavy (non-hydrogen) atoms. The number of hydrogen-bond acceptors (Lipinski definition) is 12. The van der Waals surface area contributed by atoms with Crippen LogP contribution < -0.4 is 0 Å². The van der Waals surface area contributed by atoms with E-state index in [0.717, 1.165) is 51.4 Å². The van der Waals surface area contributed by atoms with E-state index in [0.29, 0.717) is 12.8 Å². The molecule has 1 saturated heterocycles. The molecule has 234 valence electrons. The Hall–Kier alpha value is -1.83. The van der Waals surface area contributed by atoms with Gasteiger partial charge in [0.1, 0.15) is 31.0 Å². The average molecular weight is 579 g/mol. The second-order valence-electron chi connectivity index (χ2n) is 10.2. The molecule has 0 bridgehead atoms. The molecule has 4 N–H and O–H groups in total. The molecule has 12 heteroatoms. The highest BCUT2D eigenvalue weighted by atomic mass is 16.7. The highest BCUT2D eigenvalue weighted by Crippen LogP contribution is 2.29. The molecule has 7 atom stereocenters. The van der Waals surface area contributed by atoms with E-state index in [1.54, 1.807) is 0 Å². The molecule has 1 heterocycles. The summed E-state index contributed by atoms with van der Waals surface area (Å²) < 4.78 is 27.6. The molecule has 0 aromatic heterocycles. The van der Waals surface area contributed by atoms with Crippen LogP contribution in [0.25, 0.3) is 0 Å². The fourth-order valence-corrected chi connectivity index (χ4v) is 4.22. The van der Waals surface area contributed by atoms with Gasteiger partial charge in [0.25, 0.3) is 0 Å². The first-order valence-electron chi connectivity index (χ1n) is 14.6. The predicted molar refractivity (Wildman–Crippen MR) is 143 cm³/mol. The quantitative estimate of drug-likeness (QED) is 0.0885. The lowest BCUT2D eigenvalue weighted by molar-refractivity contribution is -0.311. The maximum absolute atomic E-state index is 12.7. The summed E-state index contributed by atoms with van der Waals surface area (Å²) in [5, 5.41) is 39.9. The van der Waals surface area contributed by atoms with E-state index >= 15 is 0 Å². The van der Waals surface area contributed by atoms with Crippen molar-refractivity contribution in [1.82, 2.24) is 0 Å². The van der Waals surface area contributed by atoms with Gasteiger partial charge in [-0.2, -0.15) is 0 Å². The van der Waals surface area contributed by atoms with Gasteiger partial charge < -0.3 is 44.1 Å². The second-order valence-corrected chi connectivity index (χ2v) is 10.2. The zero-order valence-electron chi connectivity index (χ0n) is 24.2. The molecule has 1 aliphatic heterocycles. The Balaban J connectivity index is 3.08. The number of carbonyl (C=O) groups excluding carboxylic acids is 3. The molecule has 12 nitrogen and oxygen atoms in total. The van der Waals surface area contributed by atoms with Gasteiger partial charge >= 0.3 is 17.9 Å². The number of ether oxygens (including phenoxy) is 5. The maximum Gasteiger partial charge on any atom is 0.306 e. The highest BCUT2D eigenvalue weighted by Gasteiger charge is 2.51. The van der Waals surface area contributed by atoms with E-state index in [1.165, 1.54) is 6.92 Å². The summed E-state index contributed by atoms with van der Waals surface area (Å²) in [7, 11) is 0. The predicted octanol–water partition coefficient (Wildman–Crippen LogP) is 1.91. The third kappa shape index (κ3) is 14.2. The zero-order valence-corrected chi connectivity index (χ0v) is 24.2. The number of unbranched alkanes of at least 4 members (excludes halogenated alkanes) is 8. The number of rotatable bonds is 21.